The molecule has 3 nitrogen and oxygen atoms in total. The third-order valence-electron chi connectivity index (χ3n) is 2.72. The molecule has 2 aromatic heterocycles. The van der Waals surface area contributed by atoms with Crippen LogP contribution in [0.5, 0.6) is 0 Å². The van der Waals surface area contributed by atoms with E-state index in [1.54, 1.807) is 4.40 Å². The monoisotopic (exact) mass is 202 g/mol. The lowest BCUT2D eigenvalue weighted by atomic mass is 10.2. The minimum Gasteiger partial charge on any atom is -0.269 e. The fraction of sp³-hybridized carbons (Fsp3) is 0.333. The van der Waals surface area contributed by atoms with Crippen LogP contribution >= 0.6 is 0 Å². The Kier molecular flexibility index (Phi) is 2.11. The summed E-state index contributed by atoms with van der Waals surface area (Å²) >= 11 is 0. The van der Waals surface area contributed by atoms with E-state index in [9.17, 15) is 4.79 Å². The maximum absolute atomic E-state index is 12.0. The molecule has 0 aliphatic rings. The zero-order chi connectivity index (χ0) is 11.2. The molecule has 0 spiro atoms. The molecule has 78 valence electrons. The van der Waals surface area contributed by atoms with Crippen LogP contribution in [0.1, 0.15) is 22.5 Å². The first-order chi connectivity index (χ1) is 7.00. The first-order valence-corrected chi connectivity index (χ1v) is 4.98. The third kappa shape index (κ3) is 1.44. The zero-order valence-corrected chi connectivity index (χ0v) is 9.46. The van der Waals surface area contributed by atoms with E-state index in [0.717, 1.165) is 28.2 Å². The van der Waals surface area contributed by atoms with E-state index in [4.69, 9.17) is 0 Å². The van der Waals surface area contributed by atoms with Gasteiger partial charge in [-0.25, -0.2) is 4.98 Å². The van der Waals surface area contributed by atoms with E-state index in [2.05, 4.69) is 4.98 Å². The van der Waals surface area contributed by atoms with Crippen LogP contribution in [0.15, 0.2) is 16.9 Å². The summed E-state index contributed by atoms with van der Waals surface area (Å²) in [5.74, 6) is 0. The highest BCUT2D eigenvalue weighted by atomic mass is 16.1. The van der Waals surface area contributed by atoms with Crippen LogP contribution in [0.4, 0.5) is 0 Å². The average molecular weight is 202 g/mol. The average Bonchev–Trinajstić information content (AvgIpc) is 2.13. The van der Waals surface area contributed by atoms with Gasteiger partial charge in [-0.05, 0) is 45.4 Å². The Hall–Kier alpha value is -1.64. The summed E-state index contributed by atoms with van der Waals surface area (Å²) in [6.45, 7) is 7.62. The summed E-state index contributed by atoms with van der Waals surface area (Å²) < 4.78 is 1.66. The SMILES string of the molecule is Cc1cc(C)n2c(=O)c(C)c(C)nc2c1. The van der Waals surface area contributed by atoms with Crippen molar-refractivity contribution in [2.24, 2.45) is 0 Å². The van der Waals surface area contributed by atoms with Crippen molar-refractivity contribution >= 4 is 5.65 Å². The van der Waals surface area contributed by atoms with E-state index in [1.165, 1.54) is 0 Å². The lowest BCUT2D eigenvalue weighted by Crippen LogP contribution is -2.21. The van der Waals surface area contributed by atoms with Crippen molar-refractivity contribution in [1.82, 2.24) is 9.38 Å². The predicted octanol–water partition coefficient (Wildman–Crippen LogP) is 1.93. The van der Waals surface area contributed by atoms with Gasteiger partial charge in [0.05, 0.1) is 0 Å². The second kappa shape index (κ2) is 3.19. The van der Waals surface area contributed by atoms with Crippen LogP contribution in [0, 0.1) is 27.7 Å². The number of pyridine rings is 1. The lowest BCUT2D eigenvalue weighted by molar-refractivity contribution is 0.942. The van der Waals surface area contributed by atoms with Crippen molar-refractivity contribution in [3.63, 3.8) is 0 Å². The molecule has 2 rings (SSSR count). The van der Waals surface area contributed by atoms with Crippen molar-refractivity contribution in [2.45, 2.75) is 27.7 Å². The van der Waals surface area contributed by atoms with E-state index in [-0.39, 0.29) is 5.56 Å². The maximum Gasteiger partial charge on any atom is 0.261 e. The van der Waals surface area contributed by atoms with Gasteiger partial charge in [0.15, 0.2) is 0 Å². The predicted molar refractivity (Wildman–Crippen MR) is 60.4 cm³/mol. The Labute approximate surface area is 88.4 Å². The van der Waals surface area contributed by atoms with Crippen LogP contribution in [-0.4, -0.2) is 9.38 Å². The van der Waals surface area contributed by atoms with Gasteiger partial charge in [-0.3, -0.25) is 9.20 Å². The molecule has 0 aliphatic carbocycles. The molecular weight excluding hydrogens is 188 g/mol. The van der Waals surface area contributed by atoms with E-state index in [1.807, 2.05) is 39.8 Å². The van der Waals surface area contributed by atoms with Gasteiger partial charge < -0.3 is 0 Å². The van der Waals surface area contributed by atoms with Crippen LogP contribution in [0.2, 0.25) is 0 Å². The molecule has 3 heteroatoms. The molecule has 0 saturated heterocycles. The Morgan fingerprint density at radius 3 is 2.47 bits per heavy atom. The van der Waals surface area contributed by atoms with E-state index in [0.29, 0.717) is 0 Å². The Bertz CT molecular complexity index is 597. The first-order valence-electron chi connectivity index (χ1n) is 4.98. The van der Waals surface area contributed by atoms with Crippen LogP contribution in [0.25, 0.3) is 5.65 Å². The summed E-state index contributed by atoms with van der Waals surface area (Å²) in [7, 11) is 0. The summed E-state index contributed by atoms with van der Waals surface area (Å²) in [5, 5.41) is 0. The van der Waals surface area contributed by atoms with Crippen LogP contribution in [0.3, 0.4) is 0 Å². The molecule has 0 fully saturated rings. The van der Waals surface area contributed by atoms with Gasteiger partial charge in [-0.2, -0.15) is 0 Å². The lowest BCUT2D eigenvalue weighted by Gasteiger charge is -2.08. The molecule has 0 N–H and O–H groups in total. The van der Waals surface area contributed by atoms with Gasteiger partial charge in [0.1, 0.15) is 5.65 Å². The Morgan fingerprint density at radius 2 is 1.80 bits per heavy atom. The van der Waals surface area contributed by atoms with Gasteiger partial charge in [-0.1, -0.05) is 0 Å². The van der Waals surface area contributed by atoms with Gasteiger partial charge in [0.25, 0.3) is 5.56 Å². The maximum atomic E-state index is 12.0. The fourth-order valence-corrected chi connectivity index (χ4v) is 1.81. The molecular formula is C12H14N2O. The summed E-state index contributed by atoms with van der Waals surface area (Å²) in [6.07, 6.45) is 0. The third-order valence-corrected chi connectivity index (χ3v) is 2.72. The van der Waals surface area contributed by atoms with Crippen molar-refractivity contribution in [1.29, 1.82) is 0 Å². The van der Waals surface area contributed by atoms with Gasteiger partial charge in [-0.15, -0.1) is 0 Å². The molecule has 0 bridgehead atoms. The number of fused-ring (bicyclic) bond motifs is 1. The van der Waals surface area contributed by atoms with Gasteiger partial charge in [0.2, 0.25) is 0 Å². The quantitative estimate of drug-likeness (QED) is 0.654. The smallest absolute Gasteiger partial charge is 0.261 e. The molecule has 15 heavy (non-hydrogen) atoms. The largest absolute Gasteiger partial charge is 0.269 e. The molecule has 0 aliphatic heterocycles. The normalized spacial score (nSPS) is 10.9. The van der Waals surface area contributed by atoms with Crippen LogP contribution < -0.4 is 5.56 Å². The first kappa shape index (κ1) is 9.90. The highest BCUT2D eigenvalue weighted by molar-refractivity contribution is 5.44. The molecule has 0 radical (unpaired) electrons. The van der Waals surface area contributed by atoms with Gasteiger partial charge in [0, 0.05) is 17.0 Å². The highest BCUT2D eigenvalue weighted by Crippen LogP contribution is 2.08. The summed E-state index contributed by atoms with van der Waals surface area (Å²) in [6, 6.07) is 3.92. The highest BCUT2D eigenvalue weighted by Gasteiger charge is 2.07. The summed E-state index contributed by atoms with van der Waals surface area (Å²) in [5.41, 5.74) is 4.37. The Balaban J connectivity index is 3.06. The minimum absolute atomic E-state index is 0.0370. The molecule has 0 amide bonds. The van der Waals surface area contributed by atoms with Gasteiger partial charge >= 0.3 is 0 Å². The fourth-order valence-electron chi connectivity index (χ4n) is 1.81. The molecule has 2 heterocycles. The van der Waals surface area contributed by atoms with E-state index < -0.39 is 0 Å². The van der Waals surface area contributed by atoms with Crippen molar-refractivity contribution in [3.05, 3.63) is 45.0 Å². The molecule has 0 unspecified atom stereocenters. The van der Waals surface area contributed by atoms with Crippen molar-refractivity contribution < 1.29 is 0 Å². The molecule has 0 atom stereocenters. The minimum atomic E-state index is 0.0370. The Morgan fingerprint density at radius 1 is 1.13 bits per heavy atom. The number of hydrogen-bond acceptors (Lipinski definition) is 2. The van der Waals surface area contributed by atoms with E-state index >= 15 is 0 Å². The van der Waals surface area contributed by atoms with Crippen molar-refractivity contribution in [2.75, 3.05) is 0 Å². The molecule has 0 aromatic carbocycles. The summed E-state index contributed by atoms with van der Waals surface area (Å²) in [4.78, 5) is 16.4. The van der Waals surface area contributed by atoms with Crippen molar-refractivity contribution in [3.8, 4) is 0 Å². The second-order valence-corrected chi connectivity index (χ2v) is 4.00. The van der Waals surface area contributed by atoms with Crippen LogP contribution in [-0.2, 0) is 0 Å². The number of rotatable bonds is 0. The number of aryl methyl sites for hydroxylation is 3. The second-order valence-electron chi connectivity index (χ2n) is 4.00. The topological polar surface area (TPSA) is 34.4 Å². The molecule has 0 saturated carbocycles. The standard InChI is InChI=1S/C12H14N2O/c1-7-5-8(2)14-11(6-7)13-10(4)9(3)12(14)15/h5-6H,1-4H3. The number of nitrogens with zero attached hydrogens (tertiary/aromatic N) is 2. The number of hydrogen-bond donors (Lipinski definition) is 0. The number of aromatic nitrogens is 2. The molecule has 2 aromatic rings. The zero-order valence-electron chi connectivity index (χ0n) is 9.46.